The highest BCUT2D eigenvalue weighted by Crippen LogP contribution is 2.36. The molecule has 6 heteroatoms. The second-order valence-corrected chi connectivity index (χ2v) is 4.29. The fourth-order valence-corrected chi connectivity index (χ4v) is 2.07. The van der Waals surface area contributed by atoms with Gasteiger partial charge in [-0.05, 0) is 43.6 Å². The quantitative estimate of drug-likeness (QED) is 0.776. The van der Waals surface area contributed by atoms with E-state index in [2.05, 4.69) is 5.32 Å². The molecule has 1 aliphatic heterocycles. The Kier molecular flexibility index (Phi) is 4.61. The van der Waals surface area contributed by atoms with E-state index in [1.807, 2.05) is 0 Å². The lowest BCUT2D eigenvalue weighted by molar-refractivity contribution is -0.137. The molecule has 0 atom stereocenters. The summed E-state index contributed by atoms with van der Waals surface area (Å²) in [4.78, 5) is 0. The van der Waals surface area contributed by atoms with Crippen molar-refractivity contribution in [3.05, 3.63) is 35.4 Å². The summed E-state index contributed by atoms with van der Waals surface area (Å²) in [6.07, 6.45) is -3.76. The largest absolute Gasteiger partial charge is 0.416 e. The van der Waals surface area contributed by atoms with E-state index in [1.54, 1.807) is 0 Å². The second-order valence-electron chi connectivity index (χ2n) is 4.29. The van der Waals surface area contributed by atoms with Crippen LogP contribution in [0.15, 0.2) is 24.3 Å². The van der Waals surface area contributed by atoms with Crippen LogP contribution in [0.25, 0.3) is 0 Å². The zero-order valence-corrected chi connectivity index (χ0v) is 10.4. The van der Waals surface area contributed by atoms with Crippen LogP contribution >= 0.6 is 12.4 Å². The molecule has 0 aromatic heterocycles. The van der Waals surface area contributed by atoms with Crippen molar-refractivity contribution in [1.29, 1.82) is 0 Å². The van der Waals surface area contributed by atoms with Gasteiger partial charge in [0, 0.05) is 0 Å². The number of benzene rings is 1. The summed E-state index contributed by atoms with van der Waals surface area (Å²) in [6, 6.07) is 4.37. The van der Waals surface area contributed by atoms with Crippen LogP contribution in [0.2, 0.25) is 0 Å². The van der Waals surface area contributed by atoms with E-state index in [9.17, 15) is 17.6 Å². The van der Waals surface area contributed by atoms with Gasteiger partial charge < -0.3 is 5.32 Å². The van der Waals surface area contributed by atoms with Crippen LogP contribution in [0.3, 0.4) is 0 Å². The molecule has 0 unspecified atom stereocenters. The highest BCUT2D eigenvalue weighted by molar-refractivity contribution is 5.85. The van der Waals surface area contributed by atoms with Gasteiger partial charge in [0.25, 0.3) is 0 Å². The summed E-state index contributed by atoms with van der Waals surface area (Å²) in [5, 5.41) is 3.03. The van der Waals surface area contributed by atoms with E-state index < -0.39 is 17.4 Å². The maximum atomic E-state index is 14.4. The zero-order valence-electron chi connectivity index (χ0n) is 9.56. The van der Waals surface area contributed by atoms with Crippen molar-refractivity contribution in [3.63, 3.8) is 0 Å². The molecule has 1 aromatic carbocycles. The Balaban J connectivity index is 0.00000162. The molecule has 1 saturated heterocycles. The molecule has 0 spiro atoms. The zero-order chi connectivity index (χ0) is 12.5. The average molecular weight is 284 g/mol. The standard InChI is InChI=1S/C12H13F4N.ClH/c13-11(5-7-17-8-6-11)9-1-3-10(4-2-9)12(14,15)16;/h1-4,17H,5-8H2;1H. The van der Waals surface area contributed by atoms with Crippen molar-refractivity contribution < 1.29 is 17.6 Å². The molecule has 102 valence electrons. The highest BCUT2D eigenvalue weighted by atomic mass is 35.5. The van der Waals surface area contributed by atoms with Gasteiger partial charge in [-0.25, -0.2) is 4.39 Å². The van der Waals surface area contributed by atoms with Crippen molar-refractivity contribution in [1.82, 2.24) is 5.32 Å². The van der Waals surface area contributed by atoms with Gasteiger partial charge in [-0.2, -0.15) is 13.2 Å². The van der Waals surface area contributed by atoms with Gasteiger partial charge in [0.1, 0.15) is 5.67 Å². The van der Waals surface area contributed by atoms with Crippen LogP contribution in [0, 0.1) is 0 Å². The number of rotatable bonds is 1. The summed E-state index contributed by atoms with van der Waals surface area (Å²) in [5.41, 5.74) is -1.89. The first-order valence-corrected chi connectivity index (χ1v) is 5.49. The smallest absolute Gasteiger partial charge is 0.316 e. The maximum Gasteiger partial charge on any atom is 0.416 e. The van der Waals surface area contributed by atoms with Crippen LogP contribution in [-0.4, -0.2) is 13.1 Å². The van der Waals surface area contributed by atoms with Crippen molar-refractivity contribution >= 4 is 12.4 Å². The van der Waals surface area contributed by atoms with E-state index >= 15 is 0 Å². The summed E-state index contributed by atoms with van der Waals surface area (Å²) in [6.45, 7) is 1.11. The Morgan fingerprint density at radius 2 is 1.50 bits per heavy atom. The molecule has 0 bridgehead atoms. The number of hydrogen-bond acceptors (Lipinski definition) is 1. The van der Waals surface area contributed by atoms with Gasteiger partial charge in [0.15, 0.2) is 0 Å². The predicted octanol–water partition coefficient (Wildman–Crippen LogP) is 3.68. The molecule has 0 radical (unpaired) electrons. The summed E-state index contributed by atoms with van der Waals surface area (Å²) in [7, 11) is 0. The lowest BCUT2D eigenvalue weighted by Gasteiger charge is -2.30. The maximum absolute atomic E-state index is 14.4. The first kappa shape index (κ1) is 15.2. The van der Waals surface area contributed by atoms with Gasteiger partial charge in [0.05, 0.1) is 5.56 Å². The molecule has 0 amide bonds. The number of nitrogens with one attached hydrogen (secondary N) is 1. The molecule has 1 aromatic rings. The minimum absolute atomic E-state index is 0. The van der Waals surface area contributed by atoms with Crippen LogP contribution < -0.4 is 5.32 Å². The predicted molar refractivity (Wildman–Crippen MR) is 63.6 cm³/mol. The number of halogens is 5. The third kappa shape index (κ3) is 3.14. The van der Waals surface area contributed by atoms with E-state index in [0.29, 0.717) is 31.5 Å². The van der Waals surface area contributed by atoms with E-state index in [1.165, 1.54) is 12.1 Å². The van der Waals surface area contributed by atoms with Crippen molar-refractivity contribution in [2.24, 2.45) is 0 Å². The van der Waals surface area contributed by atoms with Gasteiger partial charge in [-0.3, -0.25) is 0 Å². The number of alkyl halides is 4. The van der Waals surface area contributed by atoms with Crippen molar-refractivity contribution in [3.8, 4) is 0 Å². The van der Waals surface area contributed by atoms with E-state index in [-0.39, 0.29) is 12.4 Å². The highest BCUT2D eigenvalue weighted by Gasteiger charge is 2.35. The Labute approximate surface area is 109 Å². The minimum Gasteiger partial charge on any atom is -0.316 e. The topological polar surface area (TPSA) is 12.0 Å². The molecule has 18 heavy (non-hydrogen) atoms. The van der Waals surface area contributed by atoms with Crippen LogP contribution in [0.5, 0.6) is 0 Å². The summed E-state index contributed by atoms with van der Waals surface area (Å²) in [5.74, 6) is 0. The molecule has 1 aliphatic rings. The molecule has 0 aliphatic carbocycles. The molecular formula is C12H14ClF4N. The number of hydrogen-bond donors (Lipinski definition) is 1. The van der Waals surface area contributed by atoms with Gasteiger partial charge in [0.2, 0.25) is 0 Å². The van der Waals surface area contributed by atoms with Crippen LogP contribution in [-0.2, 0) is 11.8 Å². The Morgan fingerprint density at radius 3 is 1.94 bits per heavy atom. The Morgan fingerprint density at radius 1 is 1.00 bits per heavy atom. The fourth-order valence-electron chi connectivity index (χ4n) is 2.07. The minimum atomic E-state index is -4.36. The lowest BCUT2D eigenvalue weighted by Crippen LogP contribution is -2.36. The fraction of sp³-hybridized carbons (Fsp3) is 0.500. The molecule has 1 fully saturated rings. The van der Waals surface area contributed by atoms with Crippen LogP contribution in [0.4, 0.5) is 17.6 Å². The molecule has 1 heterocycles. The molecule has 0 saturated carbocycles. The second kappa shape index (κ2) is 5.45. The monoisotopic (exact) mass is 283 g/mol. The summed E-state index contributed by atoms with van der Waals surface area (Å²) >= 11 is 0. The van der Waals surface area contributed by atoms with Crippen molar-refractivity contribution in [2.75, 3.05) is 13.1 Å². The molecule has 1 N–H and O–H groups in total. The first-order chi connectivity index (χ1) is 7.92. The third-order valence-electron chi connectivity index (χ3n) is 3.13. The lowest BCUT2D eigenvalue weighted by atomic mass is 9.86. The average Bonchev–Trinajstić information content (AvgIpc) is 2.29. The molecule has 2 rings (SSSR count). The van der Waals surface area contributed by atoms with Gasteiger partial charge in [-0.1, -0.05) is 12.1 Å². The molecular weight excluding hydrogens is 270 g/mol. The SMILES string of the molecule is Cl.FC(F)(F)c1ccc(C2(F)CCNCC2)cc1. The first-order valence-electron chi connectivity index (χ1n) is 5.49. The van der Waals surface area contributed by atoms with E-state index in [4.69, 9.17) is 0 Å². The third-order valence-corrected chi connectivity index (χ3v) is 3.13. The summed E-state index contributed by atoms with van der Waals surface area (Å²) < 4.78 is 51.5. The van der Waals surface area contributed by atoms with E-state index in [0.717, 1.165) is 12.1 Å². The Bertz CT molecular complexity index is 382. The van der Waals surface area contributed by atoms with Gasteiger partial charge >= 0.3 is 6.18 Å². The van der Waals surface area contributed by atoms with Gasteiger partial charge in [-0.15, -0.1) is 12.4 Å². The normalized spacial score (nSPS) is 19.1. The van der Waals surface area contributed by atoms with Crippen molar-refractivity contribution in [2.45, 2.75) is 24.7 Å². The number of piperidine rings is 1. The molecule has 1 nitrogen and oxygen atoms in total. The Hall–Kier alpha value is -0.810. The van der Waals surface area contributed by atoms with Crippen LogP contribution in [0.1, 0.15) is 24.0 Å².